The van der Waals surface area contributed by atoms with Crippen molar-refractivity contribution in [3.8, 4) is 17.1 Å². The number of nitrogens with one attached hydrogen (secondary N) is 3. The van der Waals surface area contributed by atoms with E-state index in [0.29, 0.717) is 11.5 Å². The first-order valence-corrected chi connectivity index (χ1v) is 8.84. The molecule has 0 aliphatic heterocycles. The van der Waals surface area contributed by atoms with Crippen LogP contribution >= 0.6 is 0 Å². The molecule has 0 radical (unpaired) electrons. The summed E-state index contributed by atoms with van der Waals surface area (Å²) in [4.78, 5) is 36.8. The number of carbonyl (C=O) groups is 2. The van der Waals surface area contributed by atoms with Crippen LogP contribution in [-0.2, 0) is 4.79 Å². The van der Waals surface area contributed by atoms with Crippen LogP contribution in [0.3, 0.4) is 0 Å². The summed E-state index contributed by atoms with van der Waals surface area (Å²) in [6.45, 7) is 0.602. The number of aromatic nitrogens is 4. The van der Waals surface area contributed by atoms with Gasteiger partial charge in [0.1, 0.15) is 5.82 Å². The van der Waals surface area contributed by atoms with Gasteiger partial charge in [0.05, 0.1) is 23.9 Å². The Hall–Kier alpha value is -4.02. The molecular formula is C19H21N7O4. The van der Waals surface area contributed by atoms with Gasteiger partial charge in [-0.1, -0.05) is 12.1 Å². The zero-order valence-electron chi connectivity index (χ0n) is 19.4. The Morgan fingerprint density at radius 2 is 2.17 bits per heavy atom. The number of nitrogens with zero attached hydrogens (tertiary/aromatic N) is 4. The van der Waals surface area contributed by atoms with Crippen LogP contribution in [0.5, 0.6) is 5.75 Å². The summed E-state index contributed by atoms with van der Waals surface area (Å²) in [5, 5.41) is 11.3. The molecule has 0 saturated carbocycles. The van der Waals surface area contributed by atoms with Crippen LogP contribution in [0, 0.1) is 6.92 Å². The third-order valence-corrected chi connectivity index (χ3v) is 3.98. The van der Waals surface area contributed by atoms with Gasteiger partial charge in [-0.25, -0.2) is 9.97 Å². The van der Waals surface area contributed by atoms with Gasteiger partial charge in [-0.15, -0.1) is 0 Å². The summed E-state index contributed by atoms with van der Waals surface area (Å²) >= 11 is 0. The fourth-order valence-electron chi connectivity index (χ4n) is 2.56. The Morgan fingerprint density at radius 3 is 2.83 bits per heavy atom. The summed E-state index contributed by atoms with van der Waals surface area (Å²) in [7, 11) is 1.42. The molecule has 0 spiro atoms. The summed E-state index contributed by atoms with van der Waals surface area (Å²) in [5.74, 6) is 0.00308. The van der Waals surface area contributed by atoms with Gasteiger partial charge < -0.3 is 25.2 Å². The fourth-order valence-corrected chi connectivity index (χ4v) is 2.56. The lowest BCUT2D eigenvalue weighted by atomic mass is 10.2. The highest BCUT2D eigenvalue weighted by atomic mass is 16.5. The smallest absolute Gasteiger partial charge is 0.254 e. The maximum absolute atomic E-state index is 12.6. The summed E-state index contributed by atoms with van der Waals surface area (Å²) in [6, 6.07) is 3.00. The number of rotatable bonds is 7. The van der Waals surface area contributed by atoms with Gasteiger partial charge >= 0.3 is 0 Å². The van der Waals surface area contributed by atoms with Crippen LogP contribution < -0.4 is 20.7 Å². The zero-order valence-corrected chi connectivity index (χ0v) is 16.4. The normalized spacial score (nSPS) is 12.3. The first-order valence-electron chi connectivity index (χ1n) is 10.3. The predicted octanol–water partition coefficient (Wildman–Crippen LogP) is 2.30. The molecule has 0 aliphatic rings. The second-order valence-corrected chi connectivity index (χ2v) is 5.97. The number of aryl methyl sites for hydroxylation is 1. The number of amides is 2. The minimum absolute atomic E-state index is 0.0923. The second-order valence-electron chi connectivity index (χ2n) is 5.97. The highest BCUT2D eigenvalue weighted by molar-refractivity contribution is 6.01. The van der Waals surface area contributed by atoms with E-state index in [9.17, 15) is 9.59 Å². The zero-order chi connectivity index (χ0) is 24.2. The first-order chi connectivity index (χ1) is 15.6. The van der Waals surface area contributed by atoms with Gasteiger partial charge in [-0.05, 0) is 6.07 Å². The number of pyridine rings is 2. The van der Waals surface area contributed by atoms with Crippen molar-refractivity contribution in [3.63, 3.8) is 0 Å². The first kappa shape index (κ1) is 16.9. The van der Waals surface area contributed by atoms with Crippen molar-refractivity contribution < 1.29 is 23.0 Å². The molecule has 156 valence electrons. The van der Waals surface area contributed by atoms with Crippen molar-refractivity contribution in [1.29, 1.82) is 0 Å². The molecule has 3 N–H and O–H groups in total. The van der Waals surface area contributed by atoms with Gasteiger partial charge in [-0.3, -0.25) is 9.59 Å². The Bertz CT molecular complexity index is 1180. The topological polar surface area (TPSA) is 144 Å². The Morgan fingerprint density at radius 1 is 1.33 bits per heavy atom. The molecule has 0 fully saturated rings. The van der Waals surface area contributed by atoms with Gasteiger partial charge in [0.15, 0.2) is 11.6 Å². The molecule has 0 saturated heterocycles. The standard InChI is InChI=1S/C19H21N7O4/c1-5-15(27)25-14-8-13(12(9-22-14)19(28)20-3)24-18-16(29-4)11(6-7-21-18)17-23-10(2)30-26-17/h6-9H,5H2,1-4H3,(H,20,28)(H2,21,22,24,25,27)/i3D3. The highest BCUT2D eigenvalue weighted by Gasteiger charge is 2.19. The highest BCUT2D eigenvalue weighted by Crippen LogP contribution is 2.35. The molecule has 3 aromatic heterocycles. The van der Waals surface area contributed by atoms with Crippen molar-refractivity contribution in [2.24, 2.45) is 0 Å². The molecule has 0 aliphatic carbocycles. The Kier molecular flexibility index (Phi) is 5.06. The lowest BCUT2D eigenvalue weighted by Crippen LogP contribution is -2.20. The molecule has 0 unspecified atom stereocenters. The molecule has 11 heteroatoms. The average Bonchev–Trinajstić information content (AvgIpc) is 3.18. The van der Waals surface area contributed by atoms with Crippen molar-refractivity contribution in [1.82, 2.24) is 25.4 Å². The quantitative estimate of drug-likeness (QED) is 0.530. The van der Waals surface area contributed by atoms with Crippen molar-refractivity contribution in [3.05, 3.63) is 36.0 Å². The second kappa shape index (κ2) is 8.99. The lowest BCUT2D eigenvalue weighted by molar-refractivity contribution is -0.115. The van der Waals surface area contributed by atoms with E-state index in [-0.39, 0.29) is 46.8 Å². The summed E-state index contributed by atoms with van der Waals surface area (Å²) < 4.78 is 32.4. The SMILES string of the molecule is [2H]C([2H])([2H])NC(=O)c1cnc(NC(=O)CC)cc1Nc1nccc(-c2noc(C)n2)c1OC. The molecule has 11 nitrogen and oxygen atoms in total. The largest absolute Gasteiger partial charge is 0.492 e. The average molecular weight is 414 g/mol. The lowest BCUT2D eigenvalue weighted by Gasteiger charge is -2.15. The van der Waals surface area contributed by atoms with Gasteiger partial charge in [0.2, 0.25) is 17.6 Å². The van der Waals surface area contributed by atoms with Crippen LogP contribution in [0.2, 0.25) is 0 Å². The third kappa shape index (κ3) is 4.35. The number of carbonyl (C=O) groups excluding carboxylic acids is 2. The molecule has 3 aromatic rings. The van der Waals surface area contributed by atoms with Gasteiger partial charge in [0.25, 0.3) is 5.91 Å². The van der Waals surface area contributed by atoms with Crippen LogP contribution in [-0.4, -0.2) is 46.0 Å². The van der Waals surface area contributed by atoms with E-state index < -0.39 is 12.9 Å². The van der Waals surface area contributed by atoms with Crippen molar-refractivity contribution >= 4 is 29.1 Å². The molecule has 0 atom stereocenters. The summed E-state index contributed by atoms with van der Waals surface area (Å²) in [5.41, 5.74) is 0.504. The van der Waals surface area contributed by atoms with E-state index in [1.165, 1.54) is 19.4 Å². The number of methoxy groups -OCH3 is 1. The number of anilines is 3. The van der Waals surface area contributed by atoms with Crippen molar-refractivity contribution in [2.45, 2.75) is 20.3 Å². The molecule has 3 rings (SSSR count). The third-order valence-electron chi connectivity index (χ3n) is 3.98. The van der Waals surface area contributed by atoms with E-state index in [1.54, 1.807) is 19.9 Å². The van der Waals surface area contributed by atoms with Gasteiger partial charge in [0, 0.05) is 42.9 Å². The summed E-state index contributed by atoms with van der Waals surface area (Å²) in [6.07, 6.45) is 2.83. The van der Waals surface area contributed by atoms with E-state index >= 15 is 0 Å². The van der Waals surface area contributed by atoms with Crippen LogP contribution in [0.15, 0.2) is 29.0 Å². The van der Waals surface area contributed by atoms with E-state index in [0.717, 1.165) is 6.20 Å². The Labute approximate surface area is 176 Å². The molecule has 3 heterocycles. The van der Waals surface area contributed by atoms with Gasteiger partial charge in [-0.2, -0.15) is 4.98 Å². The Balaban J connectivity index is 2.06. The molecule has 2 amide bonds. The van der Waals surface area contributed by atoms with Crippen LogP contribution in [0.25, 0.3) is 11.4 Å². The van der Waals surface area contributed by atoms with Crippen LogP contribution in [0.1, 0.15) is 33.7 Å². The molecular weight excluding hydrogens is 390 g/mol. The molecule has 30 heavy (non-hydrogen) atoms. The van der Waals surface area contributed by atoms with E-state index in [4.69, 9.17) is 13.4 Å². The number of hydrogen-bond acceptors (Lipinski definition) is 9. The fraction of sp³-hybridized carbons (Fsp3) is 0.263. The van der Waals surface area contributed by atoms with E-state index in [1.807, 2.05) is 5.32 Å². The minimum atomic E-state index is -2.71. The van der Waals surface area contributed by atoms with Crippen LogP contribution in [0.4, 0.5) is 17.3 Å². The maximum Gasteiger partial charge on any atom is 0.254 e. The van der Waals surface area contributed by atoms with E-state index in [2.05, 4.69) is 30.7 Å². The van der Waals surface area contributed by atoms with Crippen molar-refractivity contribution in [2.75, 3.05) is 24.7 Å². The monoisotopic (exact) mass is 414 g/mol. The predicted molar refractivity (Wildman–Crippen MR) is 109 cm³/mol. The number of hydrogen-bond donors (Lipinski definition) is 3. The minimum Gasteiger partial charge on any atom is -0.492 e. The molecule has 0 bridgehead atoms. The maximum atomic E-state index is 12.6. The number of ether oxygens (including phenoxy) is 1. The molecule has 0 aromatic carbocycles.